The van der Waals surface area contributed by atoms with Crippen LogP contribution in [0.25, 0.3) is 5.57 Å². The van der Waals surface area contributed by atoms with Crippen molar-refractivity contribution >= 4 is 22.9 Å². The number of nitrogens with zero attached hydrogens (tertiary/aromatic N) is 1. The van der Waals surface area contributed by atoms with Crippen LogP contribution >= 0.6 is 0 Å². The molecule has 124 valence electrons. The van der Waals surface area contributed by atoms with Crippen molar-refractivity contribution in [2.45, 2.75) is 6.42 Å². The van der Waals surface area contributed by atoms with Crippen LogP contribution in [0.5, 0.6) is 0 Å². The Morgan fingerprint density at radius 1 is 1.08 bits per heavy atom. The summed E-state index contributed by atoms with van der Waals surface area (Å²) in [6.45, 7) is 0. The predicted molar refractivity (Wildman–Crippen MR) is 97.4 cm³/mol. The number of anilines is 2. The van der Waals surface area contributed by atoms with Crippen LogP contribution in [-0.2, 0) is 9.53 Å². The Morgan fingerprint density at radius 3 is 2.52 bits per heavy atom. The van der Waals surface area contributed by atoms with Crippen LogP contribution < -0.4 is 4.90 Å². The van der Waals surface area contributed by atoms with Gasteiger partial charge in [-0.1, -0.05) is 36.4 Å². The molecule has 0 atom stereocenters. The summed E-state index contributed by atoms with van der Waals surface area (Å²) >= 11 is 0. The molecule has 4 rings (SSSR count). The number of fused-ring (bicyclic) bond motifs is 2. The number of carboxylic acids is 1. The van der Waals surface area contributed by atoms with E-state index in [0.29, 0.717) is 12.0 Å². The Morgan fingerprint density at radius 2 is 1.80 bits per heavy atom. The fraction of sp³-hybridized carbons (Fsp3) is 0.0952. The van der Waals surface area contributed by atoms with E-state index in [1.807, 2.05) is 66.7 Å². The van der Waals surface area contributed by atoms with Crippen LogP contribution in [-0.4, -0.2) is 18.2 Å². The predicted octanol–water partition coefficient (Wildman–Crippen LogP) is 4.49. The average molecular weight is 331 g/mol. The third kappa shape index (κ3) is 2.43. The summed E-state index contributed by atoms with van der Waals surface area (Å²) in [6.07, 6.45) is 4.35. The second kappa shape index (κ2) is 5.98. The van der Waals surface area contributed by atoms with Gasteiger partial charge in [-0.3, -0.25) is 0 Å². The molecule has 0 unspecified atom stereocenters. The first-order valence-electron chi connectivity index (χ1n) is 8.08. The Labute approximate surface area is 146 Å². The van der Waals surface area contributed by atoms with Gasteiger partial charge in [-0.15, -0.1) is 0 Å². The number of methoxy groups -OCH3 is 1. The zero-order valence-electron chi connectivity index (χ0n) is 13.8. The van der Waals surface area contributed by atoms with Crippen molar-refractivity contribution in [1.82, 2.24) is 0 Å². The molecule has 0 aromatic heterocycles. The number of rotatable bonds is 3. The lowest BCUT2D eigenvalue weighted by Crippen LogP contribution is -2.27. The van der Waals surface area contributed by atoms with Gasteiger partial charge in [0.05, 0.1) is 24.1 Å². The minimum absolute atomic E-state index is 0.362. The maximum absolute atomic E-state index is 12.0. The molecule has 1 aliphatic carbocycles. The molecule has 0 radical (unpaired) electrons. The summed E-state index contributed by atoms with van der Waals surface area (Å²) in [6, 6.07) is 17.6. The van der Waals surface area contributed by atoms with Gasteiger partial charge in [0.15, 0.2) is 0 Å². The fourth-order valence-electron chi connectivity index (χ4n) is 3.43. The third-order valence-electron chi connectivity index (χ3n) is 4.52. The Hall–Kier alpha value is -3.27. The van der Waals surface area contributed by atoms with Crippen LogP contribution in [0.15, 0.2) is 83.8 Å². The van der Waals surface area contributed by atoms with E-state index in [0.717, 1.165) is 34.0 Å². The van der Waals surface area contributed by atoms with Gasteiger partial charge in [-0.05, 0) is 36.3 Å². The quantitative estimate of drug-likeness (QED) is 0.900. The molecule has 4 nitrogen and oxygen atoms in total. The van der Waals surface area contributed by atoms with E-state index in [-0.39, 0.29) is 0 Å². The monoisotopic (exact) mass is 331 g/mol. The zero-order chi connectivity index (χ0) is 17.4. The number of hydrogen-bond donors (Lipinski definition) is 1. The molecule has 0 spiro atoms. The van der Waals surface area contributed by atoms with Gasteiger partial charge < -0.3 is 14.7 Å². The van der Waals surface area contributed by atoms with E-state index in [2.05, 4.69) is 4.90 Å². The number of allylic oxidation sites excluding steroid dienone is 3. The van der Waals surface area contributed by atoms with Crippen molar-refractivity contribution < 1.29 is 14.6 Å². The number of carboxylic acid groups (broad SMARTS) is 1. The van der Waals surface area contributed by atoms with Crippen molar-refractivity contribution in [3.63, 3.8) is 0 Å². The van der Waals surface area contributed by atoms with Crippen LogP contribution in [0, 0.1) is 0 Å². The maximum atomic E-state index is 12.0. The highest BCUT2D eigenvalue weighted by Gasteiger charge is 2.33. The number of aliphatic carboxylic acids is 1. The Kier molecular flexibility index (Phi) is 3.65. The summed E-state index contributed by atoms with van der Waals surface area (Å²) in [4.78, 5) is 14.1. The van der Waals surface area contributed by atoms with Gasteiger partial charge in [0.1, 0.15) is 5.76 Å². The molecule has 1 N–H and O–H groups in total. The summed E-state index contributed by atoms with van der Waals surface area (Å²) in [5.74, 6) is -0.167. The highest BCUT2D eigenvalue weighted by atomic mass is 16.5. The second-order valence-corrected chi connectivity index (χ2v) is 5.89. The minimum atomic E-state index is -0.907. The summed E-state index contributed by atoms with van der Waals surface area (Å²) in [7, 11) is 1.62. The van der Waals surface area contributed by atoms with Crippen molar-refractivity contribution in [1.29, 1.82) is 0 Å². The standard InChI is InChI=1S/C21H17NO3/c1-25-15-11-12-17-19(13-15)22(14-7-3-2-4-8-14)18-10-6-5-9-16(18)20(17)21(23)24/h2-11,13H,12H2,1H3,(H,23,24). The van der Waals surface area contributed by atoms with Gasteiger partial charge in [0, 0.05) is 17.3 Å². The highest BCUT2D eigenvalue weighted by molar-refractivity contribution is 6.21. The number of carbonyl (C=O) groups is 1. The molecular formula is C21H17NO3. The van der Waals surface area contributed by atoms with Crippen molar-refractivity contribution in [2.24, 2.45) is 0 Å². The molecule has 0 amide bonds. The number of ether oxygens (including phenoxy) is 1. The molecular weight excluding hydrogens is 314 g/mol. The molecule has 0 saturated carbocycles. The molecule has 1 aliphatic heterocycles. The molecule has 1 heterocycles. The lowest BCUT2D eigenvalue weighted by molar-refractivity contribution is -0.130. The van der Waals surface area contributed by atoms with Crippen LogP contribution in [0.1, 0.15) is 12.0 Å². The van der Waals surface area contributed by atoms with Crippen molar-refractivity contribution in [3.8, 4) is 0 Å². The molecule has 4 heteroatoms. The van der Waals surface area contributed by atoms with Crippen LogP contribution in [0.3, 0.4) is 0 Å². The van der Waals surface area contributed by atoms with E-state index < -0.39 is 5.97 Å². The normalized spacial score (nSPS) is 15.8. The first kappa shape index (κ1) is 15.3. The van der Waals surface area contributed by atoms with Gasteiger partial charge in [0.25, 0.3) is 0 Å². The first-order chi connectivity index (χ1) is 12.2. The summed E-state index contributed by atoms with van der Waals surface area (Å²) < 4.78 is 5.40. The lowest BCUT2D eigenvalue weighted by Gasteiger charge is -2.37. The maximum Gasteiger partial charge on any atom is 0.336 e. The van der Waals surface area contributed by atoms with Gasteiger partial charge in [-0.25, -0.2) is 4.79 Å². The fourth-order valence-corrected chi connectivity index (χ4v) is 3.43. The van der Waals surface area contributed by atoms with E-state index in [1.54, 1.807) is 7.11 Å². The van der Waals surface area contributed by atoms with Crippen molar-refractivity contribution in [3.05, 3.63) is 89.3 Å². The van der Waals surface area contributed by atoms with Gasteiger partial charge in [-0.2, -0.15) is 0 Å². The molecule has 2 aliphatic rings. The van der Waals surface area contributed by atoms with Gasteiger partial charge >= 0.3 is 5.97 Å². The molecule has 0 fully saturated rings. The number of hydrogen-bond acceptors (Lipinski definition) is 3. The topological polar surface area (TPSA) is 49.8 Å². The first-order valence-corrected chi connectivity index (χ1v) is 8.08. The van der Waals surface area contributed by atoms with E-state index in [1.165, 1.54) is 0 Å². The number of benzene rings is 2. The molecule has 0 bridgehead atoms. The highest BCUT2D eigenvalue weighted by Crippen LogP contribution is 2.47. The molecule has 2 aromatic rings. The SMILES string of the molecule is COC1=CCC2=C(C(=O)O)c3ccccc3N(c3ccccc3)C2=C1. The Bertz CT molecular complexity index is 939. The molecule has 2 aromatic carbocycles. The smallest absolute Gasteiger partial charge is 0.336 e. The van der Waals surface area contributed by atoms with E-state index in [4.69, 9.17) is 4.74 Å². The average Bonchev–Trinajstić information content (AvgIpc) is 2.65. The van der Waals surface area contributed by atoms with Crippen molar-refractivity contribution in [2.75, 3.05) is 12.0 Å². The third-order valence-corrected chi connectivity index (χ3v) is 4.52. The zero-order valence-corrected chi connectivity index (χ0v) is 13.8. The summed E-state index contributed by atoms with van der Waals surface area (Å²) in [5, 5.41) is 9.85. The lowest BCUT2D eigenvalue weighted by atomic mass is 9.86. The summed E-state index contributed by atoms with van der Waals surface area (Å²) in [5.41, 5.74) is 4.59. The largest absolute Gasteiger partial charge is 0.497 e. The van der Waals surface area contributed by atoms with Gasteiger partial charge in [0.2, 0.25) is 0 Å². The minimum Gasteiger partial charge on any atom is -0.497 e. The van der Waals surface area contributed by atoms with Crippen LogP contribution in [0.2, 0.25) is 0 Å². The number of para-hydroxylation sites is 2. The second-order valence-electron chi connectivity index (χ2n) is 5.89. The van der Waals surface area contributed by atoms with Crippen LogP contribution in [0.4, 0.5) is 11.4 Å². The molecule has 25 heavy (non-hydrogen) atoms. The Balaban J connectivity index is 2.03. The van der Waals surface area contributed by atoms with E-state index in [9.17, 15) is 9.90 Å². The molecule has 0 saturated heterocycles. The van der Waals surface area contributed by atoms with E-state index >= 15 is 0 Å².